The molecule has 1 amide bonds. The summed E-state index contributed by atoms with van der Waals surface area (Å²) in [4.78, 5) is 24.1. The third kappa shape index (κ3) is 4.81. The molecule has 128 valence electrons. The summed E-state index contributed by atoms with van der Waals surface area (Å²) in [5.41, 5.74) is 2.03. The zero-order valence-electron chi connectivity index (χ0n) is 13.5. The second-order valence-corrected chi connectivity index (χ2v) is 6.27. The van der Waals surface area contributed by atoms with Gasteiger partial charge in [-0.15, -0.1) is 11.3 Å². The number of amides is 1. The quantitative estimate of drug-likeness (QED) is 0.716. The van der Waals surface area contributed by atoms with Gasteiger partial charge in [-0.1, -0.05) is 12.1 Å². The van der Waals surface area contributed by atoms with Crippen molar-refractivity contribution in [2.75, 3.05) is 26.9 Å². The van der Waals surface area contributed by atoms with Crippen molar-refractivity contribution >= 4 is 23.2 Å². The zero-order chi connectivity index (χ0) is 17.5. The molecule has 6 nitrogen and oxygen atoms in total. The van der Waals surface area contributed by atoms with Crippen LogP contribution in [0.4, 0.5) is 0 Å². The fraction of sp³-hybridized carbons (Fsp3) is 0.294. The van der Waals surface area contributed by atoms with Crippen molar-refractivity contribution in [2.45, 2.75) is 6.92 Å². The van der Waals surface area contributed by atoms with Crippen LogP contribution in [-0.2, 0) is 9.53 Å². The van der Waals surface area contributed by atoms with Gasteiger partial charge >= 0.3 is 5.97 Å². The van der Waals surface area contributed by atoms with E-state index in [9.17, 15) is 9.59 Å². The number of hydrogen-bond donors (Lipinski definition) is 2. The van der Waals surface area contributed by atoms with Crippen molar-refractivity contribution in [1.29, 1.82) is 0 Å². The Bertz CT molecular complexity index is 708. The minimum atomic E-state index is -1.03. The standard InChI is InChI=1S/C17H19NO5S/c1-11-14(12-3-5-13(22-2)6-4-12)9-15(24-11)17(21)18-7-8-23-10-16(19)20/h3-6,9H,7-8,10H2,1-2H3,(H,18,21)(H,19,20). The highest BCUT2D eigenvalue weighted by Gasteiger charge is 2.13. The van der Waals surface area contributed by atoms with E-state index in [1.807, 2.05) is 37.3 Å². The number of aryl methyl sites for hydroxylation is 1. The first kappa shape index (κ1) is 18.0. The molecule has 0 atom stereocenters. The molecule has 2 aromatic rings. The number of carbonyl (C=O) groups is 2. The van der Waals surface area contributed by atoms with Gasteiger partial charge in [0.2, 0.25) is 0 Å². The number of carboxylic acid groups (broad SMARTS) is 1. The summed E-state index contributed by atoms with van der Waals surface area (Å²) < 4.78 is 10.0. The normalized spacial score (nSPS) is 10.4. The van der Waals surface area contributed by atoms with Gasteiger partial charge in [-0.05, 0) is 36.2 Å². The first-order valence-electron chi connectivity index (χ1n) is 7.34. The SMILES string of the molecule is COc1ccc(-c2cc(C(=O)NCCOCC(=O)O)sc2C)cc1. The van der Waals surface area contributed by atoms with Crippen molar-refractivity contribution in [3.8, 4) is 16.9 Å². The van der Waals surface area contributed by atoms with E-state index in [0.717, 1.165) is 21.8 Å². The molecular weight excluding hydrogens is 330 g/mol. The Hall–Kier alpha value is -2.38. The van der Waals surface area contributed by atoms with E-state index in [4.69, 9.17) is 14.6 Å². The number of methoxy groups -OCH3 is 1. The Morgan fingerprint density at radius 2 is 1.96 bits per heavy atom. The van der Waals surface area contributed by atoms with Crippen molar-refractivity contribution in [2.24, 2.45) is 0 Å². The summed E-state index contributed by atoms with van der Waals surface area (Å²) in [5.74, 6) is -0.438. The van der Waals surface area contributed by atoms with E-state index >= 15 is 0 Å². The molecule has 0 saturated heterocycles. The fourth-order valence-electron chi connectivity index (χ4n) is 2.13. The minimum absolute atomic E-state index is 0.160. The molecule has 0 bridgehead atoms. The molecule has 2 rings (SSSR count). The van der Waals surface area contributed by atoms with E-state index in [0.29, 0.717) is 4.88 Å². The fourth-order valence-corrected chi connectivity index (χ4v) is 3.09. The van der Waals surface area contributed by atoms with Crippen molar-refractivity contribution < 1.29 is 24.2 Å². The van der Waals surface area contributed by atoms with Crippen molar-refractivity contribution in [3.63, 3.8) is 0 Å². The second-order valence-electron chi connectivity index (χ2n) is 5.01. The van der Waals surface area contributed by atoms with Gasteiger partial charge in [-0.2, -0.15) is 0 Å². The summed E-state index contributed by atoms with van der Waals surface area (Å²) in [6.45, 7) is 2.03. The van der Waals surface area contributed by atoms with Crippen molar-refractivity contribution in [3.05, 3.63) is 40.1 Å². The first-order chi connectivity index (χ1) is 11.5. The maximum atomic E-state index is 12.1. The van der Waals surface area contributed by atoms with Crippen LogP contribution in [0, 0.1) is 6.92 Å². The lowest BCUT2D eigenvalue weighted by Gasteiger charge is -2.03. The maximum Gasteiger partial charge on any atom is 0.329 e. The number of carbonyl (C=O) groups excluding carboxylic acids is 1. The molecule has 7 heteroatoms. The molecular formula is C17H19NO5S. The number of rotatable bonds is 8. The third-order valence-electron chi connectivity index (χ3n) is 3.30. The first-order valence-corrected chi connectivity index (χ1v) is 8.15. The molecule has 0 fully saturated rings. The van der Waals surface area contributed by atoms with E-state index in [1.165, 1.54) is 11.3 Å². The predicted molar refractivity (Wildman–Crippen MR) is 91.8 cm³/mol. The van der Waals surface area contributed by atoms with Gasteiger partial charge in [-0.25, -0.2) is 4.79 Å². The molecule has 0 aliphatic heterocycles. The number of carboxylic acids is 1. The van der Waals surface area contributed by atoms with Crippen LogP contribution >= 0.6 is 11.3 Å². The second kappa shape index (κ2) is 8.47. The highest BCUT2D eigenvalue weighted by molar-refractivity contribution is 7.14. The summed E-state index contributed by atoms with van der Waals surface area (Å²) in [6.07, 6.45) is 0. The van der Waals surface area contributed by atoms with Crippen LogP contribution in [-0.4, -0.2) is 43.9 Å². The van der Waals surface area contributed by atoms with Gasteiger partial charge in [0.05, 0.1) is 18.6 Å². The van der Waals surface area contributed by atoms with Gasteiger partial charge in [0.15, 0.2) is 0 Å². The highest BCUT2D eigenvalue weighted by atomic mass is 32.1. The van der Waals surface area contributed by atoms with E-state index in [-0.39, 0.29) is 25.7 Å². The average molecular weight is 349 g/mol. The van der Waals surface area contributed by atoms with Crippen LogP contribution in [0.25, 0.3) is 11.1 Å². The number of hydrogen-bond acceptors (Lipinski definition) is 5. The maximum absolute atomic E-state index is 12.1. The molecule has 0 aliphatic rings. The predicted octanol–water partition coefficient (Wildman–Crippen LogP) is 2.56. The molecule has 24 heavy (non-hydrogen) atoms. The average Bonchev–Trinajstić information content (AvgIpc) is 2.96. The monoisotopic (exact) mass is 349 g/mol. The number of thiophene rings is 1. The summed E-state index contributed by atoms with van der Waals surface area (Å²) in [7, 11) is 1.62. The summed E-state index contributed by atoms with van der Waals surface area (Å²) in [5, 5.41) is 11.2. The zero-order valence-corrected chi connectivity index (χ0v) is 14.3. The Morgan fingerprint density at radius 1 is 1.25 bits per heavy atom. The van der Waals surface area contributed by atoms with Crippen LogP contribution in [0.3, 0.4) is 0 Å². The van der Waals surface area contributed by atoms with Gasteiger partial charge in [0.25, 0.3) is 5.91 Å². The van der Waals surface area contributed by atoms with E-state index in [1.54, 1.807) is 7.11 Å². The number of aliphatic carboxylic acids is 1. The Balaban J connectivity index is 1.97. The molecule has 0 saturated carbocycles. The molecule has 1 aromatic carbocycles. The Labute approximate surface area is 144 Å². The molecule has 1 aromatic heterocycles. The van der Waals surface area contributed by atoms with Crippen LogP contribution in [0.1, 0.15) is 14.5 Å². The molecule has 0 spiro atoms. The van der Waals surface area contributed by atoms with Gasteiger partial charge in [0, 0.05) is 11.4 Å². The third-order valence-corrected chi connectivity index (χ3v) is 4.35. The van der Waals surface area contributed by atoms with Crippen LogP contribution in [0.15, 0.2) is 30.3 Å². The number of benzene rings is 1. The Morgan fingerprint density at radius 3 is 2.58 bits per heavy atom. The van der Waals surface area contributed by atoms with E-state index < -0.39 is 5.97 Å². The molecule has 1 heterocycles. The summed E-state index contributed by atoms with van der Waals surface area (Å²) >= 11 is 1.42. The number of ether oxygens (including phenoxy) is 2. The lowest BCUT2D eigenvalue weighted by Crippen LogP contribution is -2.27. The lowest BCUT2D eigenvalue weighted by atomic mass is 10.1. The Kier molecular flexibility index (Phi) is 6.34. The van der Waals surface area contributed by atoms with Crippen LogP contribution in [0.5, 0.6) is 5.75 Å². The topological polar surface area (TPSA) is 84.9 Å². The lowest BCUT2D eigenvalue weighted by molar-refractivity contribution is -0.142. The molecule has 0 radical (unpaired) electrons. The largest absolute Gasteiger partial charge is 0.497 e. The minimum Gasteiger partial charge on any atom is -0.497 e. The van der Waals surface area contributed by atoms with Crippen LogP contribution in [0.2, 0.25) is 0 Å². The van der Waals surface area contributed by atoms with Crippen molar-refractivity contribution in [1.82, 2.24) is 5.32 Å². The molecule has 2 N–H and O–H groups in total. The van der Waals surface area contributed by atoms with Gasteiger partial charge in [0.1, 0.15) is 12.4 Å². The highest BCUT2D eigenvalue weighted by Crippen LogP contribution is 2.31. The van der Waals surface area contributed by atoms with Crippen LogP contribution < -0.4 is 10.1 Å². The number of nitrogens with one attached hydrogen (secondary N) is 1. The van der Waals surface area contributed by atoms with Gasteiger partial charge < -0.3 is 19.9 Å². The molecule has 0 aliphatic carbocycles. The summed E-state index contributed by atoms with van der Waals surface area (Å²) in [6, 6.07) is 9.53. The smallest absolute Gasteiger partial charge is 0.329 e. The molecule has 0 unspecified atom stereocenters. The van der Waals surface area contributed by atoms with E-state index in [2.05, 4.69) is 5.32 Å². The van der Waals surface area contributed by atoms with Gasteiger partial charge in [-0.3, -0.25) is 4.79 Å².